The van der Waals surface area contributed by atoms with Crippen molar-refractivity contribution in [1.82, 2.24) is 20.2 Å². The summed E-state index contributed by atoms with van der Waals surface area (Å²) >= 11 is 5.88. The monoisotopic (exact) mass is 266 g/mol. The molecule has 96 valence electrons. The average molecular weight is 267 g/mol. The predicted octanol–water partition coefficient (Wildman–Crippen LogP) is 3.16. The molecule has 0 saturated heterocycles. The molecule has 2 aromatic rings. The fourth-order valence-corrected chi connectivity index (χ4v) is 1.63. The van der Waals surface area contributed by atoms with Gasteiger partial charge < -0.3 is 4.74 Å². The Morgan fingerprint density at radius 2 is 2.22 bits per heavy atom. The van der Waals surface area contributed by atoms with Crippen molar-refractivity contribution < 1.29 is 4.74 Å². The second-order valence-corrected chi connectivity index (χ2v) is 4.59. The quantitative estimate of drug-likeness (QED) is 0.864. The van der Waals surface area contributed by atoms with Crippen molar-refractivity contribution in [3.05, 3.63) is 29.5 Å². The van der Waals surface area contributed by atoms with Crippen molar-refractivity contribution >= 4 is 11.6 Å². The lowest BCUT2D eigenvalue weighted by Gasteiger charge is -2.09. The van der Waals surface area contributed by atoms with Crippen molar-refractivity contribution in [1.29, 1.82) is 0 Å². The van der Waals surface area contributed by atoms with E-state index in [1.807, 2.05) is 20.8 Å². The summed E-state index contributed by atoms with van der Waals surface area (Å²) in [5.41, 5.74) is 1.60. The van der Waals surface area contributed by atoms with Gasteiger partial charge >= 0.3 is 0 Å². The highest BCUT2D eigenvalue weighted by Gasteiger charge is 2.11. The number of hydrogen-bond donors (Lipinski definition) is 1. The van der Waals surface area contributed by atoms with E-state index in [0.29, 0.717) is 17.3 Å². The van der Waals surface area contributed by atoms with Crippen LogP contribution in [0.3, 0.4) is 0 Å². The molecule has 2 aromatic heterocycles. The highest BCUT2D eigenvalue weighted by atomic mass is 35.5. The molecule has 0 bridgehead atoms. The van der Waals surface area contributed by atoms with Crippen LogP contribution in [0.4, 0.5) is 0 Å². The first-order chi connectivity index (χ1) is 8.60. The smallest absolute Gasteiger partial charge is 0.238 e. The number of ether oxygens (including phenoxy) is 1. The summed E-state index contributed by atoms with van der Waals surface area (Å²) in [5, 5.41) is 6.81. The summed E-state index contributed by atoms with van der Waals surface area (Å²) < 4.78 is 5.60. The fraction of sp³-hybridized carbons (Fsp3) is 0.417. The number of aromatic nitrogens is 4. The van der Waals surface area contributed by atoms with Gasteiger partial charge in [-0.15, -0.1) is 16.7 Å². The molecule has 2 rings (SSSR count). The van der Waals surface area contributed by atoms with Gasteiger partial charge in [0.1, 0.15) is 11.5 Å². The van der Waals surface area contributed by atoms with Crippen molar-refractivity contribution in [2.75, 3.05) is 0 Å². The summed E-state index contributed by atoms with van der Waals surface area (Å²) in [4.78, 5) is 8.64. The van der Waals surface area contributed by atoms with Gasteiger partial charge in [-0.3, -0.25) is 5.10 Å². The van der Waals surface area contributed by atoms with Crippen molar-refractivity contribution in [3.63, 3.8) is 0 Å². The topological polar surface area (TPSA) is 63.7 Å². The molecule has 0 radical (unpaired) electrons. The summed E-state index contributed by atoms with van der Waals surface area (Å²) in [7, 11) is 0. The van der Waals surface area contributed by atoms with E-state index in [4.69, 9.17) is 16.3 Å². The Balaban J connectivity index is 2.27. The highest BCUT2D eigenvalue weighted by Crippen LogP contribution is 2.24. The van der Waals surface area contributed by atoms with Gasteiger partial charge in [0, 0.05) is 17.7 Å². The molecule has 0 aliphatic carbocycles. The van der Waals surface area contributed by atoms with E-state index in [2.05, 4.69) is 20.2 Å². The molecule has 5 nitrogen and oxygen atoms in total. The molecule has 0 saturated carbocycles. The van der Waals surface area contributed by atoms with Gasteiger partial charge in [-0.25, -0.2) is 9.97 Å². The average Bonchev–Trinajstić information content (AvgIpc) is 2.75. The number of aromatic amines is 1. The van der Waals surface area contributed by atoms with Crippen molar-refractivity contribution in [2.45, 2.75) is 32.6 Å². The Morgan fingerprint density at radius 3 is 2.78 bits per heavy atom. The first-order valence-electron chi connectivity index (χ1n) is 5.71. The maximum atomic E-state index is 5.88. The Bertz CT molecular complexity index is 539. The number of nitrogens with zero attached hydrogens (tertiary/aromatic N) is 3. The van der Waals surface area contributed by atoms with Crippen LogP contribution in [0.2, 0.25) is 0 Å². The van der Waals surface area contributed by atoms with Gasteiger partial charge in [0.25, 0.3) is 0 Å². The van der Waals surface area contributed by atoms with E-state index in [9.17, 15) is 0 Å². The van der Waals surface area contributed by atoms with Crippen LogP contribution < -0.4 is 4.74 Å². The van der Waals surface area contributed by atoms with Gasteiger partial charge in [-0.1, -0.05) is 13.8 Å². The largest absolute Gasteiger partial charge is 0.434 e. The summed E-state index contributed by atoms with van der Waals surface area (Å²) in [6.45, 7) is 5.97. The normalized spacial score (nSPS) is 10.9. The molecule has 0 aromatic carbocycles. The summed E-state index contributed by atoms with van der Waals surface area (Å²) in [6, 6.07) is 1.80. The van der Waals surface area contributed by atoms with E-state index in [1.165, 1.54) is 0 Å². The lowest BCUT2D eigenvalue weighted by atomic mass is 10.2. The van der Waals surface area contributed by atoms with Gasteiger partial charge in [0.05, 0.1) is 12.1 Å². The molecular weight excluding hydrogens is 252 g/mol. The van der Waals surface area contributed by atoms with Crippen LogP contribution in [-0.2, 0) is 5.88 Å². The molecular formula is C12H15ClN4O. The number of rotatable bonds is 4. The molecule has 2 heterocycles. The SMILES string of the molecule is Cc1cc(Oc2cnc(C(C)C)nc2CCl)n[nH]1. The van der Waals surface area contributed by atoms with E-state index in [1.54, 1.807) is 12.3 Å². The molecule has 0 amide bonds. The van der Waals surface area contributed by atoms with Crippen LogP contribution in [0.25, 0.3) is 0 Å². The van der Waals surface area contributed by atoms with Crippen molar-refractivity contribution in [3.8, 4) is 11.6 Å². The molecule has 0 aliphatic heterocycles. The Morgan fingerprint density at radius 1 is 1.44 bits per heavy atom. The summed E-state index contributed by atoms with van der Waals surface area (Å²) in [6.07, 6.45) is 1.64. The van der Waals surface area contributed by atoms with Crippen LogP contribution in [0.5, 0.6) is 11.6 Å². The van der Waals surface area contributed by atoms with Crippen LogP contribution >= 0.6 is 11.6 Å². The van der Waals surface area contributed by atoms with E-state index in [0.717, 1.165) is 11.5 Å². The van der Waals surface area contributed by atoms with Gasteiger partial charge in [0.15, 0.2) is 5.75 Å². The molecule has 0 aliphatic rings. The molecule has 0 unspecified atom stereocenters. The number of nitrogens with one attached hydrogen (secondary N) is 1. The molecule has 6 heteroatoms. The van der Waals surface area contributed by atoms with Crippen LogP contribution in [-0.4, -0.2) is 20.2 Å². The second kappa shape index (κ2) is 5.35. The van der Waals surface area contributed by atoms with E-state index in [-0.39, 0.29) is 11.8 Å². The second-order valence-electron chi connectivity index (χ2n) is 4.32. The zero-order valence-corrected chi connectivity index (χ0v) is 11.3. The fourth-order valence-electron chi connectivity index (χ4n) is 1.44. The molecule has 18 heavy (non-hydrogen) atoms. The lowest BCUT2D eigenvalue weighted by molar-refractivity contribution is 0.450. The Hall–Kier alpha value is -1.62. The van der Waals surface area contributed by atoms with Gasteiger partial charge in [-0.05, 0) is 6.92 Å². The number of alkyl halides is 1. The first kappa shape index (κ1) is 12.8. The molecule has 0 atom stereocenters. The third kappa shape index (κ3) is 2.79. The minimum absolute atomic E-state index is 0.258. The van der Waals surface area contributed by atoms with E-state index >= 15 is 0 Å². The maximum absolute atomic E-state index is 5.88. The van der Waals surface area contributed by atoms with Crippen LogP contribution in [0, 0.1) is 6.92 Å². The zero-order valence-electron chi connectivity index (χ0n) is 10.6. The number of hydrogen-bond acceptors (Lipinski definition) is 4. The van der Waals surface area contributed by atoms with Gasteiger partial charge in [0.2, 0.25) is 5.88 Å². The lowest BCUT2D eigenvalue weighted by Crippen LogP contribution is -2.02. The third-order valence-corrected chi connectivity index (χ3v) is 2.64. The minimum atomic E-state index is 0.258. The van der Waals surface area contributed by atoms with Crippen LogP contribution in [0.15, 0.2) is 12.3 Å². The highest BCUT2D eigenvalue weighted by molar-refractivity contribution is 6.17. The Kier molecular flexibility index (Phi) is 3.81. The standard InChI is InChI=1S/C12H15ClN4O/c1-7(2)12-14-6-10(9(5-13)15-12)18-11-4-8(3)16-17-11/h4,6-7H,5H2,1-3H3,(H,16,17). The predicted molar refractivity (Wildman–Crippen MR) is 69.1 cm³/mol. The minimum Gasteiger partial charge on any atom is -0.434 e. The van der Waals surface area contributed by atoms with E-state index < -0.39 is 0 Å². The van der Waals surface area contributed by atoms with Crippen molar-refractivity contribution in [2.24, 2.45) is 0 Å². The first-order valence-corrected chi connectivity index (χ1v) is 6.25. The molecule has 0 spiro atoms. The maximum Gasteiger partial charge on any atom is 0.238 e. The number of halogens is 1. The molecule has 0 fully saturated rings. The molecule has 1 N–H and O–H groups in total. The third-order valence-electron chi connectivity index (χ3n) is 2.39. The van der Waals surface area contributed by atoms with Crippen LogP contribution in [0.1, 0.15) is 37.0 Å². The summed E-state index contributed by atoms with van der Waals surface area (Å²) in [5.74, 6) is 2.33. The zero-order chi connectivity index (χ0) is 13.1. The Labute approximate surface area is 111 Å². The number of aryl methyl sites for hydroxylation is 1. The number of H-pyrrole nitrogens is 1. The van der Waals surface area contributed by atoms with Gasteiger partial charge in [-0.2, -0.15) is 0 Å².